The monoisotopic (exact) mass is 359 g/mol. The summed E-state index contributed by atoms with van der Waals surface area (Å²) in [5, 5.41) is 14.1. The molecule has 1 fully saturated rings. The zero-order chi connectivity index (χ0) is 17.8. The molecule has 1 aliphatic rings. The van der Waals surface area contributed by atoms with Crippen molar-refractivity contribution in [3.05, 3.63) is 58.9 Å². The van der Waals surface area contributed by atoms with E-state index in [1.54, 1.807) is 23.2 Å². The predicted molar refractivity (Wildman–Crippen MR) is 98.7 cm³/mol. The number of carbonyl (C=O) groups excluding carboxylic acids is 1. The SMILES string of the molecule is Cc1cc(NC(=O)N2CCC([C@H](O)c3ccccn3)CC2)ccc1Cl. The van der Waals surface area contributed by atoms with Gasteiger partial charge in [0.15, 0.2) is 0 Å². The van der Waals surface area contributed by atoms with Gasteiger partial charge in [0.25, 0.3) is 0 Å². The number of aryl methyl sites for hydroxylation is 1. The Hall–Kier alpha value is -2.11. The summed E-state index contributed by atoms with van der Waals surface area (Å²) in [7, 11) is 0. The third-order valence-electron chi connectivity index (χ3n) is 4.67. The minimum Gasteiger partial charge on any atom is -0.387 e. The van der Waals surface area contributed by atoms with Gasteiger partial charge in [-0.1, -0.05) is 17.7 Å². The summed E-state index contributed by atoms with van der Waals surface area (Å²) in [5.74, 6) is 0.122. The van der Waals surface area contributed by atoms with Gasteiger partial charge in [0, 0.05) is 30.0 Å². The molecule has 132 valence electrons. The van der Waals surface area contributed by atoms with Gasteiger partial charge in [0.2, 0.25) is 0 Å². The summed E-state index contributed by atoms with van der Waals surface area (Å²) in [6, 6.07) is 10.9. The minimum atomic E-state index is -0.578. The van der Waals surface area contributed by atoms with Gasteiger partial charge in [-0.05, 0) is 61.6 Å². The van der Waals surface area contributed by atoms with E-state index in [9.17, 15) is 9.90 Å². The predicted octanol–water partition coefficient (Wildman–Crippen LogP) is 4.02. The molecule has 1 aliphatic heterocycles. The van der Waals surface area contributed by atoms with E-state index in [-0.39, 0.29) is 11.9 Å². The molecule has 0 radical (unpaired) electrons. The van der Waals surface area contributed by atoms with Crippen molar-refractivity contribution in [3.63, 3.8) is 0 Å². The summed E-state index contributed by atoms with van der Waals surface area (Å²) in [6.07, 6.45) is 2.62. The van der Waals surface area contributed by atoms with E-state index in [4.69, 9.17) is 11.6 Å². The number of aliphatic hydroxyl groups is 1. The summed E-state index contributed by atoms with van der Waals surface area (Å²) >= 11 is 6.01. The molecule has 0 aliphatic carbocycles. The lowest BCUT2D eigenvalue weighted by atomic mass is 9.89. The van der Waals surface area contributed by atoms with Crippen molar-refractivity contribution in [2.45, 2.75) is 25.9 Å². The van der Waals surface area contributed by atoms with Gasteiger partial charge in [-0.2, -0.15) is 0 Å². The Morgan fingerprint density at radius 2 is 2.08 bits per heavy atom. The van der Waals surface area contributed by atoms with Gasteiger partial charge in [-0.15, -0.1) is 0 Å². The standard InChI is InChI=1S/C19H22ClN3O2/c1-13-12-15(5-6-16(13)20)22-19(25)23-10-7-14(8-11-23)18(24)17-4-2-3-9-21-17/h2-6,9,12,14,18,24H,7-8,10-11H2,1H3,(H,22,25)/t18-/m0/s1. The van der Waals surface area contributed by atoms with Gasteiger partial charge in [-0.3, -0.25) is 4.98 Å². The van der Waals surface area contributed by atoms with E-state index < -0.39 is 6.10 Å². The maximum atomic E-state index is 12.4. The molecule has 1 aromatic heterocycles. The molecule has 3 rings (SSSR count). The number of pyridine rings is 1. The van der Waals surface area contributed by atoms with Gasteiger partial charge in [0.1, 0.15) is 0 Å². The summed E-state index contributed by atoms with van der Waals surface area (Å²) in [4.78, 5) is 18.4. The van der Waals surface area contributed by atoms with Crippen LogP contribution < -0.4 is 5.32 Å². The van der Waals surface area contributed by atoms with E-state index in [1.165, 1.54) is 0 Å². The number of rotatable bonds is 3. The maximum Gasteiger partial charge on any atom is 0.321 e. The molecule has 2 N–H and O–H groups in total. The first-order valence-corrected chi connectivity index (χ1v) is 8.83. The Balaban J connectivity index is 1.54. The minimum absolute atomic E-state index is 0.118. The van der Waals surface area contributed by atoms with Crippen LogP contribution in [-0.4, -0.2) is 34.1 Å². The van der Waals surface area contributed by atoms with E-state index >= 15 is 0 Å². The smallest absolute Gasteiger partial charge is 0.321 e. The Kier molecular flexibility index (Phi) is 5.56. The lowest BCUT2D eigenvalue weighted by Gasteiger charge is -2.34. The number of piperidine rings is 1. The first-order valence-electron chi connectivity index (χ1n) is 8.45. The average molecular weight is 360 g/mol. The average Bonchev–Trinajstić information content (AvgIpc) is 2.65. The molecule has 2 aromatic rings. The van der Waals surface area contributed by atoms with Crippen LogP contribution in [0.2, 0.25) is 5.02 Å². The van der Waals surface area contributed by atoms with Crippen molar-refractivity contribution in [1.29, 1.82) is 0 Å². The lowest BCUT2D eigenvalue weighted by Crippen LogP contribution is -2.42. The Bertz CT molecular complexity index is 731. The van der Waals surface area contributed by atoms with Crippen LogP contribution in [0, 0.1) is 12.8 Å². The van der Waals surface area contributed by atoms with E-state index in [0.717, 1.165) is 24.1 Å². The van der Waals surface area contributed by atoms with Crippen molar-refractivity contribution in [1.82, 2.24) is 9.88 Å². The number of halogens is 1. The topological polar surface area (TPSA) is 65.5 Å². The Morgan fingerprint density at radius 1 is 1.32 bits per heavy atom. The van der Waals surface area contributed by atoms with Gasteiger partial charge >= 0.3 is 6.03 Å². The Labute approximate surface area is 152 Å². The van der Waals surface area contributed by atoms with Crippen LogP contribution in [0.25, 0.3) is 0 Å². The second-order valence-corrected chi connectivity index (χ2v) is 6.83. The summed E-state index contributed by atoms with van der Waals surface area (Å²) in [6.45, 7) is 3.14. The molecule has 0 unspecified atom stereocenters. The van der Waals surface area contributed by atoms with Crippen LogP contribution in [0.5, 0.6) is 0 Å². The van der Waals surface area contributed by atoms with Crippen LogP contribution in [0.4, 0.5) is 10.5 Å². The zero-order valence-electron chi connectivity index (χ0n) is 14.2. The van der Waals surface area contributed by atoms with Gasteiger partial charge in [0.05, 0.1) is 11.8 Å². The molecular weight excluding hydrogens is 338 g/mol. The van der Waals surface area contributed by atoms with Crippen molar-refractivity contribution in [2.24, 2.45) is 5.92 Å². The lowest BCUT2D eigenvalue weighted by molar-refractivity contribution is 0.0652. The maximum absolute atomic E-state index is 12.4. The molecule has 0 spiro atoms. The first kappa shape index (κ1) is 17.7. The fourth-order valence-electron chi connectivity index (χ4n) is 3.14. The molecule has 2 amide bonds. The second-order valence-electron chi connectivity index (χ2n) is 6.42. The normalized spacial score (nSPS) is 16.5. The highest BCUT2D eigenvalue weighted by Gasteiger charge is 2.28. The molecule has 25 heavy (non-hydrogen) atoms. The number of hydrogen-bond acceptors (Lipinski definition) is 3. The summed E-state index contributed by atoms with van der Waals surface area (Å²) in [5.41, 5.74) is 2.36. The molecule has 0 saturated carbocycles. The highest BCUT2D eigenvalue weighted by Crippen LogP contribution is 2.30. The fraction of sp³-hybridized carbons (Fsp3) is 0.368. The zero-order valence-corrected chi connectivity index (χ0v) is 14.9. The van der Waals surface area contributed by atoms with Crippen molar-refractivity contribution in [2.75, 3.05) is 18.4 Å². The molecule has 2 heterocycles. The summed E-state index contributed by atoms with van der Waals surface area (Å²) < 4.78 is 0. The molecule has 1 saturated heterocycles. The molecule has 6 heteroatoms. The third-order valence-corrected chi connectivity index (χ3v) is 5.10. The number of urea groups is 1. The number of benzene rings is 1. The van der Waals surface area contributed by atoms with E-state index in [1.807, 2.05) is 31.2 Å². The van der Waals surface area contributed by atoms with Crippen molar-refractivity contribution < 1.29 is 9.90 Å². The molecule has 0 bridgehead atoms. The number of likely N-dealkylation sites (tertiary alicyclic amines) is 1. The molecule has 1 atom stereocenters. The van der Waals surface area contributed by atoms with Crippen LogP contribution in [-0.2, 0) is 0 Å². The number of anilines is 1. The quantitative estimate of drug-likeness (QED) is 0.869. The number of amides is 2. The van der Waals surface area contributed by atoms with Crippen molar-refractivity contribution in [3.8, 4) is 0 Å². The number of carbonyl (C=O) groups is 1. The number of aromatic nitrogens is 1. The van der Waals surface area contributed by atoms with Gasteiger partial charge < -0.3 is 15.3 Å². The highest BCUT2D eigenvalue weighted by molar-refractivity contribution is 6.31. The van der Waals surface area contributed by atoms with Crippen LogP contribution in [0.3, 0.4) is 0 Å². The van der Waals surface area contributed by atoms with Crippen LogP contribution >= 0.6 is 11.6 Å². The fourth-order valence-corrected chi connectivity index (χ4v) is 3.25. The highest BCUT2D eigenvalue weighted by atomic mass is 35.5. The second kappa shape index (κ2) is 7.85. The first-order chi connectivity index (χ1) is 12.0. The van der Waals surface area contributed by atoms with Crippen molar-refractivity contribution >= 4 is 23.3 Å². The van der Waals surface area contributed by atoms with Gasteiger partial charge in [-0.25, -0.2) is 4.79 Å². The van der Waals surface area contributed by atoms with E-state index in [0.29, 0.717) is 23.8 Å². The molecule has 1 aromatic carbocycles. The third kappa shape index (κ3) is 4.30. The molecule has 5 nitrogen and oxygen atoms in total. The Morgan fingerprint density at radius 3 is 2.72 bits per heavy atom. The van der Waals surface area contributed by atoms with Crippen LogP contribution in [0.15, 0.2) is 42.6 Å². The largest absolute Gasteiger partial charge is 0.387 e. The van der Waals surface area contributed by atoms with Crippen LogP contribution in [0.1, 0.15) is 30.2 Å². The number of nitrogens with one attached hydrogen (secondary N) is 1. The number of aliphatic hydroxyl groups excluding tert-OH is 1. The van der Waals surface area contributed by atoms with E-state index in [2.05, 4.69) is 10.3 Å². The number of nitrogens with zero attached hydrogens (tertiary/aromatic N) is 2. The molecular formula is C19H22ClN3O2. The number of hydrogen-bond donors (Lipinski definition) is 2.